The normalized spacial score (nSPS) is 24.8. The Labute approximate surface area is 195 Å². The third-order valence-corrected chi connectivity index (χ3v) is 6.29. The van der Waals surface area contributed by atoms with Crippen LogP contribution in [0.1, 0.15) is 17.3 Å². The predicted octanol–water partition coefficient (Wildman–Crippen LogP) is 2.22. The lowest BCUT2D eigenvalue weighted by atomic mass is 9.86. The van der Waals surface area contributed by atoms with Gasteiger partial charge in [0.05, 0.1) is 30.7 Å². The smallest absolute Gasteiger partial charge is 0.308 e. The van der Waals surface area contributed by atoms with Crippen LogP contribution in [0.4, 0.5) is 5.69 Å². The van der Waals surface area contributed by atoms with Gasteiger partial charge in [0, 0.05) is 18.7 Å². The number of methoxy groups -OCH3 is 1. The molecule has 2 amide bonds. The number of allylic oxidation sites excluding steroid dienone is 1. The SMILES string of the molecule is COc1ccc(C(=O)[C@@H]2[C@@H]3C(=O)N(c4ccc(OC(C)=O)cc4)C(=O)[C@@H]3[C@@H]3C=CC=NN23)cc1. The summed E-state index contributed by atoms with van der Waals surface area (Å²) in [6.45, 7) is 1.29. The van der Waals surface area contributed by atoms with E-state index in [1.807, 2.05) is 0 Å². The Morgan fingerprint density at radius 1 is 0.912 bits per heavy atom. The van der Waals surface area contributed by atoms with Gasteiger partial charge in [0.2, 0.25) is 11.8 Å². The average Bonchev–Trinajstić information content (AvgIpc) is 3.31. The molecular formula is C25H21N3O6. The fourth-order valence-corrected chi connectivity index (χ4v) is 4.85. The van der Waals surface area contributed by atoms with E-state index in [0.717, 1.165) is 4.90 Å². The van der Waals surface area contributed by atoms with Gasteiger partial charge in [0.25, 0.3) is 0 Å². The molecule has 0 bridgehead atoms. The number of amides is 2. The number of imide groups is 1. The van der Waals surface area contributed by atoms with Crippen molar-refractivity contribution in [3.05, 3.63) is 66.2 Å². The number of anilines is 1. The molecule has 0 radical (unpaired) electrons. The number of fused-ring (bicyclic) bond motifs is 3. The molecule has 34 heavy (non-hydrogen) atoms. The monoisotopic (exact) mass is 459 g/mol. The van der Waals surface area contributed by atoms with Crippen LogP contribution in [0, 0.1) is 11.8 Å². The summed E-state index contributed by atoms with van der Waals surface area (Å²) in [4.78, 5) is 52.9. The summed E-state index contributed by atoms with van der Waals surface area (Å²) in [5, 5.41) is 5.91. The molecular weight excluding hydrogens is 438 g/mol. The van der Waals surface area contributed by atoms with E-state index < -0.39 is 41.7 Å². The van der Waals surface area contributed by atoms with Crippen molar-refractivity contribution in [3.8, 4) is 11.5 Å². The average molecular weight is 459 g/mol. The van der Waals surface area contributed by atoms with Crippen LogP contribution < -0.4 is 14.4 Å². The fraction of sp³-hybridized carbons (Fsp3) is 0.240. The van der Waals surface area contributed by atoms with Gasteiger partial charge in [-0.25, -0.2) is 4.90 Å². The van der Waals surface area contributed by atoms with Crippen molar-refractivity contribution in [1.82, 2.24) is 5.01 Å². The Balaban J connectivity index is 1.50. The zero-order valence-electron chi connectivity index (χ0n) is 18.5. The molecule has 0 N–H and O–H groups in total. The molecule has 0 aliphatic carbocycles. The van der Waals surface area contributed by atoms with Crippen LogP contribution in [0.25, 0.3) is 0 Å². The summed E-state index contributed by atoms with van der Waals surface area (Å²) in [6.07, 6.45) is 5.06. The number of ketones is 1. The van der Waals surface area contributed by atoms with Crippen molar-refractivity contribution in [3.63, 3.8) is 0 Å². The Morgan fingerprint density at radius 2 is 1.56 bits per heavy atom. The van der Waals surface area contributed by atoms with Gasteiger partial charge in [-0.3, -0.25) is 24.2 Å². The van der Waals surface area contributed by atoms with E-state index in [9.17, 15) is 19.2 Å². The first-order valence-electron chi connectivity index (χ1n) is 10.7. The summed E-state index contributed by atoms with van der Waals surface area (Å²) in [6, 6.07) is 11.3. The van der Waals surface area contributed by atoms with Crippen molar-refractivity contribution in [2.75, 3.05) is 12.0 Å². The van der Waals surface area contributed by atoms with Gasteiger partial charge in [-0.15, -0.1) is 0 Å². The second-order valence-corrected chi connectivity index (χ2v) is 8.21. The number of nitrogens with zero attached hydrogens (tertiary/aromatic N) is 3. The maximum absolute atomic E-state index is 13.6. The summed E-state index contributed by atoms with van der Waals surface area (Å²) in [5.41, 5.74) is 0.755. The number of Topliss-reactive ketones (excluding diaryl/α,β-unsaturated/α-hetero) is 1. The number of carbonyl (C=O) groups excluding carboxylic acids is 4. The lowest BCUT2D eigenvalue weighted by molar-refractivity contribution is -0.132. The number of hydrazone groups is 1. The zero-order chi connectivity index (χ0) is 24.0. The van der Waals surface area contributed by atoms with Gasteiger partial charge in [0.1, 0.15) is 17.5 Å². The van der Waals surface area contributed by atoms with Crippen LogP contribution in [-0.2, 0) is 14.4 Å². The Hall–Kier alpha value is -4.27. The molecule has 2 aromatic carbocycles. The summed E-state index contributed by atoms with van der Waals surface area (Å²) in [5.74, 6) is -2.34. The molecule has 3 aliphatic heterocycles. The second kappa shape index (κ2) is 8.26. The van der Waals surface area contributed by atoms with Gasteiger partial charge in [0.15, 0.2) is 5.78 Å². The van der Waals surface area contributed by atoms with Gasteiger partial charge < -0.3 is 9.47 Å². The van der Waals surface area contributed by atoms with Crippen molar-refractivity contribution >= 4 is 35.5 Å². The van der Waals surface area contributed by atoms with E-state index in [4.69, 9.17) is 9.47 Å². The summed E-state index contributed by atoms with van der Waals surface area (Å²) >= 11 is 0. The lowest BCUT2D eigenvalue weighted by Gasteiger charge is -2.30. The first-order valence-corrected chi connectivity index (χ1v) is 10.7. The standard InChI is InChI=1S/C25H21N3O6/c1-14(29)34-18-11-7-16(8-12-18)27-24(31)20-19-4-3-13-26-28(19)22(21(20)25(27)32)23(30)15-5-9-17(33-2)10-6-15/h3-13,19-22H,1-2H3/t19-,20+,21+,22-/m0/s1. The number of ether oxygens (including phenoxy) is 2. The Morgan fingerprint density at radius 3 is 2.21 bits per heavy atom. The molecule has 3 heterocycles. The van der Waals surface area contributed by atoms with E-state index in [1.165, 1.54) is 26.2 Å². The quantitative estimate of drug-likeness (QED) is 0.292. The van der Waals surface area contributed by atoms with E-state index in [-0.39, 0.29) is 5.78 Å². The van der Waals surface area contributed by atoms with Crippen molar-refractivity contribution in [2.45, 2.75) is 19.0 Å². The number of hydrogen-bond acceptors (Lipinski definition) is 8. The minimum atomic E-state index is -0.925. The van der Waals surface area contributed by atoms with Gasteiger partial charge in [-0.1, -0.05) is 6.08 Å². The number of esters is 1. The molecule has 9 nitrogen and oxygen atoms in total. The maximum atomic E-state index is 13.6. The summed E-state index contributed by atoms with van der Waals surface area (Å²) < 4.78 is 10.2. The number of hydrogen-bond donors (Lipinski definition) is 0. The highest BCUT2D eigenvalue weighted by Gasteiger charge is 2.64. The highest BCUT2D eigenvalue weighted by Crippen LogP contribution is 2.46. The molecule has 3 aliphatic rings. The minimum absolute atomic E-state index is 0.291. The van der Waals surface area contributed by atoms with Crippen LogP contribution in [0.3, 0.4) is 0 Å². The van der Waals surface area contributed by atoms with Crippen molar-refractivity contribution in [1.29, 1.82) is 0 Å². The van der Waals surface area contributed by atoms with Crippen molar-refractivity contribution in [2.24, 2.45) is 16.9 Å². The van der Waals surface area contributed by atoms with Crippen LogP contribution in [0.2, 0.25) is 0 Å². The molecule has 5 rings (SSSR count). The molecule has 2 fully saturated rings. The Kier molecular flexibility index (Phi) is 5.24. The first-order chi connectivity index (χ1) is 16.4. The zero-order valence-corrected chi connectivity index (χ0v) is 18.5. The summed E-state index contributed by atoms with van der Waals surface area (Å²) in [7, 11) is 1.54. The lowest BCUT2D eigenvalue weighted by Crippen LogP contribution is -2.46. The molecule has 0 spiro atoms. The van der Waals surface area contributed by atoms with Gasteiger partial charge in [-0.2, -0.15) is 5.10 Å². The molecule has 2 aromatic rings. The number of rotatable bonds is 5. The highest BCUT2D eigenvalue weighted by molar-refractivity contribution is 6.24. The Bertz CT molecular complexity index is 1230. The third kappa shape index (κ3) is 3.37. The predicted molar refractivity (Wildman–Crippen MR) is 122 cm³/mol. The van der Waals surface area contributed by atoms with E-state index in [1.54, 1.807) is 59.8 Å². The fourth-order valence-electron chi connectivity index (χ4n) is 4.85. The van der Waals surface area contributed by atoms with Crippen LogP contribution in [-0.4, -0.2) is 54.0 Å². The molecule has 2 saturated heterocycles. The molecule has 9 heteroatoms. The maximum Gasteiger partial charge on any atom is 0.308 e. The van der Waals surface area contributed by atoms with Crippen molar-refractivity contribution < 1.29 is 28.7 Å². The topological polar surface area (TPSA) is 106 Å². The largest absolute Gasteiger partial charge is 0.497 e. The van der Waals surface area contributed by atoms with E-state index >= 15 is 0 Å². The molecule has 0 aromatic heterocycles. The van der Waals surface area contributed by atoms with E-state index in [2.05, 4.69) is 5.10 Å². The molecule has 0 unspecified atom stereocenters. The molecule has 0 saturated carbocycles. The highest BCUT2D eigenvalue weighted by atomic mass is 16.5. The third-order valence-electron chi connectivity index (χ3n) is 6.29. The van der Waals surface area contributed by atoms with E-state index in [0.29, 0.717) is 22.7 Å². The van der Waals surface area contributed by atoms with Gasteiger partial charge in [-0.05, 0) is 54.6 Å². The van der Waals surface area contributed by atoms with Crippen LogP contribution in [0.15, 0.2) is 65.8 Å². The van der Waals surface area contributed by atoms with Crippen LogP contribution in [0.5, 0.6) is 11.5 Å². The van der Waals surface area contributed by atoms with Gasteiger partial charge >= 0.3 is 5.97 Å². The molecule has 4 atom stereocenters. The number of carbonyl (C=O) groups is 4. The van der Waals surface area contributed by atoms with Crippen LogP contribution >= 0.6 is 0 Å². The second-order valence-electron chi connectivity index (χ2n) is 8.21. The minimum Gasteiger partial charge on any atom is -0.497 e. The first kappa shape index (κ1) is 21.6. The number of benzene rings is 2. The molecule has 172 valence electrons.